The molecule has 120 valence electrons. The minimum absolute atomic E-state index is 0.758. The fourth-order valence-corrected chi connectivity index (χ4v) is 3.50. The van der Waals surface area contributed by atoms with Crippen molar-refractivity contribution in [3.8, 4) is 0 Å². The van der Waals surface area contributed by atoms with E-state index >= 15 is 0 Å². The molecule has 0 amide bonds. The number of hydrogen-bond acceptors (Lipinski definition) is 1. The van der Waals surface area contributed by atoms with Crippen molar-refractivity contribution in [2.24, 2.45) is 5.92 Å². The summed E-state index contributed by atoms with van der Waals surface area (Å²) in [6.07, 6.45) is 18.6. The van der Waals surface area contributed by atoms with Crippen LogP contribution in [0.2, 0.25) is 0 Å². The van der Waals surface area contributed by atoms with Crippen molar-refractivity contribution in [1.29, 1.82) is 0 Å². The first-order valence-electron chi connectivity index (χ1n) is 9.50. The minimum Gasteiger partial charge on any atom is -0.311 e. The topological polar surface area (TPSA) is 12.0 Å². The Balaban J connectivity index is 2.09. The second kappa shape index (κ2) is 11.6. The molecule has 0 aromatic heterocycles. The van der Waals surface area contributed by atoms with E-state index in [0.29, 0.717) is 0 Å². The number of hydrogen-bond donors (Lipinski definition) is 1. The summed E-state index contributed by atoms with van der Waals surface area (Å²) in [4.78, 5) is 0. The molecule has 1 unspecified atom stereocenters. The van der Waals surface area contributed by atoms with Crippen LogP contribution in [0.3, 0.4) is 0 Å². The molecule has 1 aliphatic rings. The predicted octanol–water partition coefficient (Wildman–Crippen LogP) is 6.07. The normalized spacial score (nSPS) is 18.6. The van der Waals surface area contributed by atoms with Gasteiger partial charge in [0.2, 0.25) is 0 Å². The maximum Gasteiger partial charge on any atom is 0.00926 e. The third-order valence-corrected chi connectivity index (χ3v) is 4.98. The first-order chi connectivity index (χ1) is 9.74. The van der Waals surface area contributed by atoms with Crippen LogP contribution in [0.4, 0.5) is 0 Å². The summed E-state index contributed by atoms with van der Waals surface area (Å²) in [5.41, 5.74) is 0. The quantitative estimate of drug-likeness (QED) is 0.453. The second-order valence-electron chi connectivity index (χ2n) is 7.26. The Morgan fingerprint density at radius 2 is 1.45 bits per heavy atom. The van der Waals surface area contributed by atoms with Gasteiger partial charge in [-0.05, 0) is 25.2 Å². The van der Waals surface area contributed by atoms with Crippen LogP contribution in [0.5, 0.6) is 0 Å². The Kier molecular flexibility index (Phi) is 10.4. The highest BCUT2D eigenvalue weighted by Crippen LogP contribution is 2.21. The SMILES string of the molecule is CCCCCCCCCC(NC1CCCCC1)C(C)C. The molecule has 1 saturated carbocycles. The van der Waals surface area contributed by atoms with E-state index in [-0.39, 0.29) is 0 Å². The average molecular weight is 282 g/mol. The van der Waals surface area contributed by atoms with E-state index in [4.69, 9.17) is 0 Å². The van der Waals surface area contributed by atoms with Gasteiger partial charge < -0.3 is 5.32 Å². The Hall–Kier alpha value is -0.0400. The molecular weight excluding hydrogens is 242 g/mol. The first kappa shape index (κ1) is 18.0. The molecule has 0 radical (unpaired) electrons. The summed E-state index contributed by atoms with van der Waals surface area (Å²) in [5.74, 6) is 0.789. The third-order valence-electron chi connectivity index (χ3n) is 4.98. The molecule has 0 aromatic rings. The van der Waals surface area contributed by atoms with Crippen molar-refractivity contribution < 1.29 is 0 Å². The molecular formula is C19H39N. The third kappa shape index (κ3) is 8.29. The minimum atomic E-state index is 0.758. The zero-order valence-electron chi connectivity index (χ0n) is 14.4. The lowest BCUT2D eigenvalue weighted by atomic mass is 9.91. The van der Waals surface area contributed by atoms with E-state index in [9.17, 15) is 0 Å². The zero-order valence-corrected chi connectivity index (χ0v) is 14.4. The van der Waals surface area contributed by atoms with Crippen LogP contribution < -0.4 is 5.32 Å². The van der Waals surface area contributed by atoms with Crippen molar-refractivity contribution in [3.63, 3.8) is 0 Å². The van der Waals surface area contributed by atoms with E-state index in [1.807, 2.05) is 0 Å². The van der Waals surface area contributed by atoms with Gasteiger partial charge in [0, 0.05) is 12.1 Å². The van der Waals surface area contributed by atoms with Gasteiger partial charge in [0.05, 0.1) is 0 Å². The van der Waals surface area contributed by atoms with Crippen molar-refractivity contribution >= 4 is 0 Å². The van der Waals surface area contributed by atoms with Crippen LogP contribution in [-0.2, 0) is 0 Å². The van der Waals surface area contributed by atoms with Crippen LogP contribution in [0.25, 0.3) is 0 Å². The lowest BCUT2D eigenvalue weighted by Gasteiger charge is -2.31. The van der Waals surface area contributed by atoms with Gasteiger partial charge in [-0.25, -0.2) is 0 Å². The fourth-order valence-electron chi connectivity index (χ4n) is 3.50. The van der Waals surface area contributed by atoms with Crippen molar-refractivity contribution in [2.45, 2.75) is 116 Å². The average Bonchev–Trinajstić information content (AvgIpc) is 2.46. The number of rotatable bonds is 11. The Labute approximate surface area is 128 Å². The van der Waals surface area contributed by atoms with Crippen molar-refractivity contribution in [1.82, 2.24) is 5.32 Å². The van der Waals surface area contributed by atoms with Gasteiger partial charge >= 0.3 is 0 Å². The van der Waals surface area contributed by atoms with Crippen molar-refractivity contribution in [2.75, 3.05) is 0 Å². The lowest BCUT2D eigenvalue weighted by molar-refractivity contribution is 0.281. The van der Waals surface area contributed by atoms with Crippen LogP contribution >= 0.6 is 0 Å². The zero-order chi connectivity index (χ0) is 14.6. The Bertz CT molecular complexity index is 206. The molecule has 0 spiro atoms. The monoisotopic (exact) mass is 281 g/mol. The molecule has 1 fully saturated rings. The van der Waals surface area contributed by atoms with Gasteiger partial charge in [0.25, 0.3) is 0 Å². The maximum atomic E-state index is 3.97. The van der Waals surface area contributed by atoms with Crippen molar-refractivity contribution in [3.05, 3.63) is 0 Å². The Morgan fingerprint density at radius 1 is 0.850 bits per heavy atom. The van der Waals surface area contributed by atoms with Gasteiger partial charge in [-0.2, -0.15) is 0 Å². The molecule has 1 atom stereocenters. The summed E-state index contributed by atoms with van der Waals surface area (Å²) in [6.45, 7) is 7.08. The smallest absolute Gasteiger partial charge is 0.00926 e. The molecule has 0 aromatic carbocycles. The molecule has 20 heavy (non-hydrogen) atoms. The van der Waals surface area contributed by atoms with Crippen LogP contribution in [0.15, 0.2) is 0 Å². The van der Waals surface area contributed by atoms with Gasteiger partial charge in [-0.1, -0.05) is 85.0 Å². The van der Waals surface area contributed by atoms with Crippen LogP contribution in [0, 0.1) is 5.92 Å². The molecule has 0 aliphatic heterocycles. The molecule has 1 nitrogen and oxygen atoms in total. The van der Waals surface area contributed by atoms with Gasteiger partial charge in [-0.15, -0.1) is 0 Å². The van der Waals surface area contributed by atoms with E-state index in [0.717, 1.165) is 18.0 Å². The van der Waals surface area contributed by atoms with Gasteiger partial charge in [-0.3, -0.25) is 0 Å². The fraction of sp³-hybridized carbons (Fsp3) is 1.00. The van der Waals surface area contributed by atoms with E-state index in [1.165, 1.54) is 83.5 Å². The predicted molar refractivity (Wildman–Crippen MR) is 91.2 cm³/mol. The summed E-state index contributed by atoms with van der Waals surface area (Å²) >= 11 is 0. The molecule has 1 rings (SSSR count). The van der Waals surface area contributed by atoms with E-state index in [1.54, 1.807) is 0 Å². The second-order valence-corrected chi connectivity index (χ2v) is 7.26. The first-order valence-corrected chi connectivity index (χ1v) is 9.50. The van der Waals surface area contributed by atoms with Gasteiger partial charge in [0.1, 0.15) is 0 Å². The van der Waals surface area contributed by atoms with Gasteiger partial charge in [0.15, 0.2) is 0 Å². The summed E-state index contributed by atoms with van der Waals surface area (Å²) in [6, 6.07) is 1.58. The number of nitrogens with one attached hydrogen (secondary N) is 1. The molecule has 0 saturated heterocycles. The highest BCUT2D eigenvalue weighted by Gasteiger charge is 2.19. The summed E-state index contributed by atoms with van der Waals surface area (Å²) in [5, 5.41) is 3.97. The lowest BCUT2D eigenvalue weighted by Crippen LogP contribution is -2.42. The largest absolute Gasteiger partial charge is 0.311 e. The molecule has 1 N–H and O–H groups in total. The molecule has 0 bridgehead atoms. The van der Waals surface area contributed by atoms with E-state index in [2.05, 4.69) is 26.1 Å². The highest BCUT2D eigenvalue weighted by molar-refractivity contribution is 4.79. The van der Waals surface area contributed by atoms with E-state index < -0.39 is 0 Å². The summed E-state index contributed by atoms with van der Waals surface area (Å²) in [7, 11) is 0. The molecule has 1 heteroatoms. The standard InChI is InChI=1S/C19H39N/c1-4-5-6-7-8-9-13-16-19(17(2)3)20-18-14-11-10-12-15-18/h17-20H,4-16H2,1-3H3. The molecule has 0 heterocycles. The number of unbranched alkanes of at least 4 members (excludes halogenated alkanes) is 6. The maximum absolute atomic E-state index is 3.97. The highest BCUT2D eigenvalue weighted by atomic mass is 15.0. The molecule has 1 aliphatic carbocycles. The van der Waals surface area contributed by atoms with Crippen LogP contribution in [-0.4, -0.2) is 12.1 Å². The Morgan fingerprint density at radius 3 is 2.05 bits per heavy atom. The van der Waals surface area contributed by atoms with Crippen LogP contribution in [0.1, 0.15) is 104 Å². The summed E-state index contributed by atoms with van der Waals surface area (Å²) < 4.78 is 0.